The van der Waals surface area contributed by atoms with Crippen LogP contribution in [0.2, 0.25) is 0 Å². The normalized spacial score (nSPS) is 10.9. The third-order valence-corrected chi connectivity index (χ3v) is 2.63. The van der Waals surface area contributed by atoms with E-state index < -0.39 is 0 Å². The predicted octanol–water partition coefficient (Wildman–Crippen LogP) is 2.45. The zero-order chi connectivity index (χ0) is 10.3. The minimum Gasteiger partial charge on any atom is -0.284 e. The molecule has 2 heteroatoms. The number of hydrogen-bond donors (Lipinski definition) is 0. The number of hydrogen-bond acceptors (Lipinski definition) is 1. The van der Waals surface area contributed by atoms with E-state index in [0.717, 1.165) is 16.3 Å². The number of fused-ring (bicyclic) bond motifs is 3. The van der Waals surface area contributed by atoms with E-state index in [-0.39, 0.29) is 5.56 Å². The van der Waals surface area contributed by atoms with Gasteiger partial charge in [-0.25, -0.2) is 0 Å². The third kappa shape index (κ3) is 1.15. The fourth-order valence-corrected chi connectivity index (χ4v) is 1.91. The van der Waals surface area contributed by atoms with E-state index in [4.69, 9.17) is 0 Å². The van der Waals surface area contributed by atoms with Gasteiger partial charge in [0.05, 0.1) is 5.52 Å². The van der Waals surface area contributed by atoms with Crippen LogP contribution in [0.4, 0.5) is 0 Å². The molecular formula is C13H9NO. The lowest BCUT2D eigenvalue weighted by molar-refractivity contribution is 1.14. The van der Waals surface area contributed by atoms with Gasteiger partial charge in [0.2, 0.25) is 0 Å². The zero-order valence-electron chi connectivity index (χ0n) is 8.05. The van der Waals surface area contributed by atoms with E-state index in [0.29, 0.717) is 0 Å². The Morgan fingerprint density at radius 3 is 2.67 bits per heavy atom. The van der Waals surface area contributed by atoms with Crippen molar-refractivity contribution in [3.63, 3.8) is 0 Å². The first-order valence-corrected chi connectivity index (χ1v) is 4.85. The summed E-state index contributed by atoms with van der Waals surface area (Å²) in [5, 5.41) is 2.19. The molecular weight excluding hydrogens is 186 g/mol. The summed E-state index contributed by atoms with van der Waals surface area (Å²) in [6.45, 7) is 0. The van der Waals surface area contributed by atoms with Crippen molar-refractivity contribution in [2.75, 3.05) is 0 Å². The van der Waals surface area contributed by atoms with Crippen molar-refractivity contribution in [3.8, 4) is 0 Å². The van der Waals surface area contributed by atoms with Gasteiger partial charge in [0.15, 0.2) is 0 Å². The molecule has 0 aliphatic carbocycles. The maximum atomic E-state index is 11.7. The van der Waals surface area contributed by atoms with E-state index >= 15 is 0 Å². The Morgan fingerprint density at radius 2 is 1.73 bits per heavy atom. The summed E-state index contributed by atoms with van der Waals surface area (Å²) in [7, 11) is 0. The number of aromatic nitrogens is 1. The molecule has 0 fully saturated rings. The van der Waals surface area contributed by atoms with Gasteiger partial charge < -0.3 is 0 Å². The first-order chi connectivity index (χ1) is 7.36. The van der Waals surface area contributed by atoms with Crippen LogP contribution >= 0.6 is 0 Å². The molecule has 0 atom stereocenters. The highest BCUT2D eigenvalue weighted by atomic mass is 16.1. The lowest BCUT2D eigenvalue weighted by Crippen LogP contribution is -2.05. The highest BCUT2D eigenvalue weighted by Crippen LogP contribution is 2.16. The third-order valence-electron chi connectivity index (χ3n) is 2.63. The van der Waals surface area contributed by atoms with Crippen molar-refractivity contribution >= 4 is 16.3 Å². The molecule has 3 aromatic rings. The van der Waals surface area contributed by atoms with Crippen LogP contribution in [0, 0.1) is 0 Å². The summed E-state index contributed by atoms with van der Waals surface area (Å²) in [5.74, 6) is 0. The van der Waals surface area contributed by atoms with Crippen LogP contribution in [0.3, 0.4) is 0 Å². The number of nitrogens with zero attached hydrogens (tertiary/aromatic N) is 1. The fourth-order valence-electron chi connectivity index (χ4n) is 1.91. The van der Waals surface area contributed by atoms with Crippen molar-refractivity contribution in [1.29, 1.82) is 0 Å². The molecule has 0 bridgehead atoms. The van der Waals surface area contributed by atoms with Gasteiger partial charge in [0.1, 0.15) is 0 Å². The molecule has 2 heterocycles. The Balaban J connectivity index is 2.75. The Morgan fingerprint density at radius 1 is 0.867 bits per heavy atom. The van der Waals surface area contributed by atoms with Crippen LogP contribution in [0.25, 0.3) is 16.3 Å². The van der Waals surface area contributed by atoms with Crippen LogP contribution in [0.15, 0.2) is 59.5 Å². The summed E-state index contributed by atoms with van der Waals surface area (Å²) in [4.78, 5) is 11.7. The van der Waals surface area contributed by atoms with Gasteiger partial charge in [-0.3, -0.25) is 9.20 Å². The van der Waals surface area contributed by atoms with Gasteiger partial charge in [-0.15, -0.1) is 0 Å². The monoisotopic (exact) mass is 195 g/mol. The zero-order valence-corrected chi connectivity index (χ0v) is 8.05. The van der Waals surface area contributed by atoms with Gasteiger partial charge in [0.25, 0.3) is 5.56 Å². The molecule has 0 amide bonds. The molecule has 0 radical (unpaired) electrons. The molecule has 0 aliphatic rings. The van der Waals surface area contributed by atoms with Gasteiger partial charge in [0, 0.05) is 17.6 Å². The van der Waals surface area contributed by atoms with Gasteiger partial charge in [-0.05, 0) is 23.6 Å². The molecule has 3 rings (SSSR count). The van der Waals surface area contributed by atoms with Crippen molar-refractivity contribution < 1.29 is 0 Å². The Kier molecular flexibility index (Phi) is 1.62. The molecule has 2 nitrogen and oxygen atoms in total. The second-order valence-corrected chi connectivity index (χ2v) is 3.52. The average Bonchev–Trinajstić information content (AvgIpc) is 2.71. The molecule has 0 aliphatic heterocycles. The lowest BCUT2D eigenvalue weighted by Gasteiger charge is -1.92. The highest BCUT2D eigenvalue weighted by molar-refractivity contribution is 5.95. The van der Waals surface area contributed by atoms with Crippen LogP contribution in [0.5, 0.6) is 0 Å². The Bertz CT molecular complexity index is 697. The number of benzene rings is 1. The summed E-state index contributed by atoms with van der Waals surface area (Å²) in [6, 6.07) is 15.3. The van der Waals surface area contributed by atoms with E-state index in [1.807, 2.05) is 42.5 Å². The van der Waals surface area contributed by atoms with Crippen molar-refractivity contribution in [2.45, 2.75) is 0 Å². The van der Waals surface area contributed by atoms with Crippen LogP contribution in [0.1, 0.15) is 0 Å². The van der Waals surface area contributed by atoms with Gasteiger partial charge in [-0.1, -0.05) is 24.3 Å². The maximum absolute atomic E-state index is 11.7. The fraction of sp³-hybridized carbons (Fsp3) is 0. The Hall–Kier alpha value is -2.09. The predicted molar refractivity (Wildman–Crippen MR) is 61.2 cm³/mol. The van der Waals surface area contributed by atoms with Crippen LogP contribution in [-0.2, 0) is 0 Å². The standard InChI is InChI=1S/C13H9NO/c15-13-8-7-10-4-1-2-5-11(10)12-6-3-9-14(12)13/h1-9H. The van der Waals surface area contributed by atoms with Crippen LogP contribution < -0.4 is 5.56 Å². The van der Waals surface area contributed by atoms with Crippen molar-refractivity contribution in [3.05, 3.63) is 65.1 Å². The summed E-state index contributed by atoms with van der Waals surface area (Å²) < 4.78 is 1.67. The van der Waals surface area contributed by atoms with Crippen molar-refractivity contribution in [1.82, 2.24) is 4.40 Å². The first-order valence-electron chi connectivity index (χ1n) is 4.85. The minimum absolute atomic E-state index is 0.00574. The topological polar surface area (TPSA) is 21.5 Å². The molecule has 0 N–H and O–H groups in total. The molecule has 0 unspecified atom stereocenters. The smallest absolute Gasteiger partial charge is 0.255 e. The second kappa shape index (κ2) is 2.95. The summed E-state index contributed by atoms with van der Waals surface area (Å²) in [5.41, 5.74) is 0.965. The van der Waals surface area contributed by atoms with E-state index in [1.54, 1.807) is 16.7 Å². The summed E-state index contributed by atoms with van der Waals surface area (Å²) >= 11 is 0. The van der Waals surface area contributed by atoms with Gasteiger partial charge in [-0.2, -0.15) is 0 Å². The van der Waals surface area contributed by atoms with Crippen molar-refractivity contribution in [2.24, 2.45) is 0 Å². The lowest BCUT2D eigenvalue weighted by atomic mass is 10.2. The molecule has 0 spiro atoms. The Labute approximate surface area is 86.4 Å². The molecule has 1 aromatic carbocycles. The second-order valence-electron chi connectivity index (χ2n) is 3.52. The average molecular weight is 195 g/mol. The largest absolute Gasteiger partial charge is 0.284 e. The quantitative estimate of drug-likeness (QED) is 0.540. The minimum atomic E-state index is 0.00574. The molecule has 0 saturated carbocycles. The molecule has 2 aromatic heterocycles. The maximum Gasteiger partial charge on any atom is 0.255 e. The molecule has 15 heavy (non-hydrogen) atoms. The van der Waals surface area contributed by atoms with E-state index in [1.165, 1.54) is 0 Å². The summed E-state index contributed by atoms with van der Waals surface area (Å²) in [6.07, 6.45) is 1.80. The molecule has 0 saturated heterocycles. The van der Waals surface area contributed by atoms with E-state index in [2.05, 4.69) is 0 Å². The van der Waals surface area contributed by atoms with Gasteiger partial charge >= 0.3 is 0 Å². The highest BCUT2D eigenvalue weighted by Gasteiger charge is 1.99. The van der Waals surface area contributed by atoms with Crippen LogP contribution in [-0.4, -0.2) is 4.40 Å². The molecule has 72 valence electrons. The first kappa shape index (κ1) is 8.24. The SMILES string of the molecule is O=c1ccc2ccccc2c2cccn12. The van der Waals surface area contributed by atoms with E-state index in [9.17, 15) is 4.79 Å². The number of rotatable bonds is 0.